The zero-order valence-corrected chi connectivity index (χ0v) is 20.3. The fourth-order valence-electron chi connectivity index (χ4n) is 3.75. The molecule has 0 unspecified atom stereocenters. The first-order valence-electron chi connectivity index (χ1n) is 10.4. The van der Waals surface area contributed by atoms with E-state index in [9.17, 15) is 18.0 Å². The second kappa shape index (κ2) is 9.91. The van der Waals surface area contributed by atoms with Gasteiger partial charge < -0.3 is 14.8 Å². The first kappa shape index (κ1) is 24.1. The maximum atomic E-state index is 13.0. The number of hydrogen-bond acceptors (Lipinski definition) is 7. The van der Waals surface area contributed by atoms with Crippen molar-refractivity contribution in [3.63, 3.8) is 0 Å². The molecule has 3 rings (SSSR count). The summed E-state index contributed by atoms with van der Waals surface area (Å²) in [6, 6.07) is 5.11. The van der Waals surface area contributed by atoms with Gasteiger partial charge in [0.05, 0.1) is 31.2 Å². The molecule has 1 N–H and O–H groups in total. The highest BCUT2D eigenvalue weighted by atomic mass is 32.2. The molecular weight excluding hydrogens is 452 g/mol. The monoisotopic (exact) mass is 480 g/mol. The largest absolute Gasteiger partial charge is 0.495 e. The van der Waals surface area contributed by atoms with Crippen LogP contribution < -0.4 is 14.4 Å². The molecule has 0 atom stereocenters. The Morgan fingerprint density at radius 2 is 1.94 bits per heavy atom. The molecule has 174 valence electrons. The predicted molar refractivity (Wildman–Crippen MR) is 125 cm³/mol. The highest BCUT2D eigenvalue weighted by Gasteiger charge is 2.29. The Kier molecular flexibility index (Phi) is 7.45. The van der Waals surface area contributed by atoms with E-state index in [1.54, 1.807) is 25.1 Å². The third kappa shape index (κ3) is 5.24. The number of aryl methyl sites for hydroxylation is 2. The number of hydrogen-bond donors (Lipinski definition) is 1. The van der Waals surface area contributed by atoms with Crippen molar-refractivity contribution in [1.29, 1.82) is 0 Å². The van der Waals surface area contributed by atoms with Gasteiger partial charge in [-0.3, -0.25) is 9.10 Å². The third-order valence-electron chi connectivity index (χ3n) is 5.19. The number of thiophene rings is 1. The van der Waals surface area contributed by atoms with Crippen molar-refractivity contribution in [2.24, 2.45) is 0 Å². The van der Waals surface area contributed by atoms with Crippen LogP contribution >= 0.6 is 11.3 Å². The number of sulfonamides is 1. The number of ether oxygens (including phenoxy) is 2. The summed E-state index contributed by atoms with van der Waals surface area (Å²) in [7, 11) is -2.35. The van der Waals surface area contributed by atoms with Gasteiger partial charge in [0.1, 0.15) is 17.3 Å². The summed E-state index contributed by atoms with van der Waals surface area (Å²) < 4.78 is 36.6. The number of amides is 1. The van der Waals surface area contributed by atoms with Crippen LogP contribution in [0.1, 0.15) is 46.1 Å². The van der Waals surface area contributed by atoms with Crippen molar-refractivity contribution in [3.05, 3.63) is 39.8 Å². The Hall–Kier alpha value is -2.59. The number of methoxy groups -OCH3 is 1. The molecule has 2 aromatic rings. The summed E-state index contributed by atoms with van der Waals surface area (Å²) in [6.07, 6.45) is 4.64. The van der Waals surface area contributed by atoms with Crippen LogP contribution in [-0.2, 0) is 32.4 Å². The molecule has 0 spiro atoms. The number of carbonyl (C=O) groups excluding carboxylic acids is 2. The Balaban J connectivity index is 1.92. The summed E-state index contributed by atoms with van der Waals surface area (Å²) in [5.74, 6) is -0.682. The second-order valence-corrected chi connectivity index (χ2v) is 10.6. The number of esters is 1. The average Bonchev–Trinajstić information content (AvgIpc) is 3.09. The fourth-order valence-corrected chi connectivity index (χ4v) is 5.89. The first-order valence-corrected chi connectivity index (χ1v) is 13.1. The van der Waals surface area contributed by atoms with Crippen molar-refractivity contribution in [2.45, 2.75) is 39.5 Å². The number of fused-ring (bicyclic) bond motifs is 1. The number of nitrogens with zero attached hydrogens (tertiary/aromatic N) is 1. The SMILES string of the molecule is CCOC(=O)c1c(NC(=O)CN(c2cc(C)ccc2OC)S(C)(=O)=O)sc2c1CCCC2. The predicted octanol–water partition coefficient (Wildman–Crippen LogP) is 3.53. The summed E-state index contributed by atoms with van der Waals surface area (Å²) >= 11 is 1.36. The van der Waals surface area contributed by atoms with E-state index >= 15 is 0 Å². The molecule has 8 nitrogen and oxygen atoms in total. The van der Waals surface area contributed by atoms with Gasteiger partial charge in [-0.1, -0.05) is 6.07 Å². The van der Waals surface area contributed by atoms with E-state index < -0.39 is 28.4 Å². The molecule has 0 saturated carbocycles. The molecule has 10 heteroatoms. The van der Waals surface area contributed by atoms with Gasteiger partial charge in [0.15, 0.2) is 0 Å². The standard InChI is InChI=1S/C22H28N2O6S2/c1-5-30-22(26)20-15-8-6-7-9-18(15)31-21(20)23-19(25)13-24(32(4,27)28)16-12-14(2)10-11-17(16)29-3/h10-12H,5-9,13H2,1-4H3,(H,23,25). The second-order valence-electron chi connectivity index (χ2n) is 7.63. The minimum Gasteiger partial charge on any atom is -0.495 e. The first-order chi connectivity index (χ1) is 15.2. The molecule has 1 aliphatic carbocycles. The van der Waals surface area contributed by atoms with Crippen LogP contribution in [0.25, 0.3) is 0 Å². The zero-order chi connectivity index (χ0) is 23.5. The lowest BCUT2D eigenvalue weighted by atomic mass is 9.95. The molecule has 0 bridgehead atoms. The Morgan fingerprint density at radius 3 is 2.59 bits per heavy atom. The lowest BCUT2D eigenvalue weighted by Gasteiger charge is -2.24. The number of benzene rings is 1. The summed E-state index contributed by atoms with van der Waals surface area (Å²) in [6.45, 7) is 3.33. The average molecular weight is 481 g/mol. The molecule has 0 fully saturated rings. The Bertz CT molecular complexity index is 1120. The van der Waals surface area contributed by atoms with Gasteiger partial charge in [-0.05, 0) is 62.8 Å². The number of nitrogens with one attached hydrogen (secondary N) is 1. The van der Waals surface area contributed by atoms with E-state index in [0.29, 0.717) is 16.3 Å². The summed E-state index contributed by atoms with van der Waals surface area (Å²) in [5.41, 5.74) is 2.42. The minimum atomic E-state index is -3.79. The summed E-state index contributed by atoms with van der Waals surface area (Å²) in [4.78, 5) is 26.6. The van der Waals surface area contributed by atoms with Crippen molar-refractivity contribution >= 4 is 43.9 Å². The highest BCUT2D eigenvalue weighted by molar-refractivity contribution is 7.92. The Labute approximate surface area is 192 Å². The Morgan fingerprint density at radius 1 is 1.22 bits per heavy atom. The lowest BCUT2D eigenvalue weighted by Crippen LogP contribution is -2.37. The van der Waals surface area contributed by atoms with Crippen molar-refractivity contribution in [3.8, 4) is 5.75 Å². The van der Waals surface area contributed by atoms with Crippen LogP contribution in [0.4, 0.5) is 10.7 Å². The molecular formula is C22H28N2O6S2. The van der Waals surface area contributed by atoms with Crippen molar-refractivity contribution in [2.75, 3.05) is 36.1 Å². The van der Waals surface area contributed by atoms with E-state index in [-0.39, 0.29) is 12.3 Å². The van der Waals surface area contributed by atoms with Gasteiger partial charge >= 0.3 is 5.97 Å². The van der Waals surface area contributed by atoms with Gasteiger partial charge in [-0.2, -0.15) is 0 Å². The smallest absolute Gasteiger partial charge is 0.341 e. The van der Waals surface area contributed by atoms with Crippen LogP contribution in [-0.4, -0.2) is 46.8 Å². The molecule has 0 radical (unpaired) electrons. The number of rotatable bonds is 8. The quantitative estimate of drug-likeness (QED) is 0.580. The highest BCUT2D eigenvalue weighted by Crippen LogP contribution is 2.39. The molecule has 1 aromatic heterocycles. The fraction of sp³-hybridized carbons (Fsp3) is 0.455. The minimum absolute atomic E-state index is 0.228. The lowest BCUT2D eigenvalue weighted by molar-refractivity contribution is -0.114. The molecule has 0 aliphatic heterocycles. The van der Waals surface area contributed by atoms with E-state index in [2.05, 4.69) is 5.32 Å². The van der Waals surface area contributed by atoms with Gasteiger partial charge in [0.2, 0.25) is 15.9 Å². The van der Waals surface area contributed by atoms with E-state index in [1.807, 2.05) is 6.92 Å². The molecule has 1 amide bonds. The number of carbonyl (C=O) groups is 2. The maximum absolute atomic E-state index is 13.0. The van der Waals surface area contributed by atoms with E-state index in [4.69, 9.17) is 9.47 Å². The van der Waals surface area contributed by atoms with Crippen molar-refractivity contribution in [1.82, 2.24) is 0 Å². The van der Waals surface area contributed by atoms with Gasteiger partial charge in [0, 0.05) is 4.88 Å². The molecule has 32 heavy (non-hydrogen) atoms. The van der Waals surface area contributed by atoms with Crippen LogP contribution in [0.3, 0.4) is 0 Å². The molecule has 1 aromatic carbocycles. The molecule has 0 saturated heterocycles. The van der Waals surface area contributed by atoms with Gasteiger partial charge in [-0.15, -0.1) is 11.3 Å². The summed E-state index contributed by atoms with van der Waals surface area (Å²) in [5, 5.41) is 3.17. The number of anilines is 2. The van der Waals surface area contributed by atoms with Gasteiger partial charge in [-0.25, -0.2) is 13.2 Å². The normalized spacial score (nSPS) is 13.2. The molecule has 1 aliphatic rings. The van der Waals surface area contributed by atoms with Crippen LogP contribution in [0.15, 0.2) is 18.2 Å². The van der Waals surface area contributed by atoms with Crippen LogP contribution in [0.2, 0.25) is 0 Å². The maximum Gasteiger partial charge on any atom is 0.341 e. The van der Waals surface area contributed by atoms with Gasteiger partial charge in [0.25, 0.3) is 0 Å². The molecule has 1 heterocycles. The van der Waals surface area contributed by atoms with Crippen LogP contribution in [0.5, 0.6) is 5.75 Å². The third-order valence-corrected chi connectivity index (χ3v) is 7.53. The zero-order valence-electron chi connectivity index (χ0n) is 18.7. The van der Waals surface area contributed by atoms with E-state index in [1.165, 1.54) is 18.4 Å². The van der Waals surface area contributed by atoms with E-state index in [0.717, 1.165) is 52.2 Å². The van der Waals surface area contributed by atoms with Crippen LogP contribution in [0, 0.1) is 6.92 Å². The topological polar surface area (TPSA) is 102 Å². The van der Waals surface area contributed by atoms with Crippen molar-refractivity contribution < 1.29 is 27.5 Å².